The van der Waals surface area contributed by atoms with Gasteiger partial charge in [0, 0.05) is 31.6 Å². The first-order valence-electron chi connectivity index (χ1n) is 10.1. The minimum absolute atomic E-state index is 0.00202. The maximum Gasteiger partial charge on any atom is 0.228 e. The third-order valence-electron chi connectivity index (χ3n) is 5.54. The molecule has 0 saturated carbocycles. The molecule has 2 N–H and O–H groups in total. The number of hydrogen-bond donors (Lipinski definition) is 2. The molecule has 2 aliphatic heterocycles. The van der Waals surface area contributed by atoms with Crippen molar-refractivity contribution in [1.29, 1.82) is 0 Å². The highest BCUT2D eigenvalue weighted by molar-refractivity contribution is 5.94. The van der Waals surface area contributed by atoms with Gasteiger partial charge in [0.1, 0.15) is 5.69 Å². The predicted molar refractivity (Wildman–Crippen MR) is 107 cm³/mol. The first kappa shape index (κ1) is 18.9. The van der Waals surface area contributed by atoms with Crippen LogP contribution in [0.25, 0.3) is 17.0 Å². The zero-order valence-corrected chi connectivity index (χ0v) is 16.2. The van der Waals surface area contributed by atoms with E-state index >= 15 is 0 Å². The fourth-order valence-electron chi connectivity index (χ4n) is 4.00. The number of halogens is 2. The van der Waals surface area contributed by atoms with Crippen LogP contribution in [0.2, 0.25) is 0 Å². The molecule has 0 radical (unpaired) electrons. The molecular weight excluding hydrogens is 392 g/mol. The summed E-state index contributed by atoms with van der Waals surface area (Å²) in [6, 6.07) is 0.866. The van der Waals surface area contributed by atoms with Crippen LogP contribution in [0.4, 0.5) is 20.4 Å². The topological polar surface area (TPSA) is 87.5 Å². The molecule has 0 spiro atoms. The standard InChI is InChI=1S/C20H21F2N7O/c21-13-7-14(22)20(26-12-3-1-5-23-8-12)27-19(13)15-9-24-16-10-25-17(11-29(15)16)28-6-2-4-18(28)30/h7,9-12,23H,1-6,8H2,(H,26,27). The van der Waals surface area contributed by atoms with Gasteiger partial charge in [-0.25, -0.2) is 23.7 Å². The lowest BCUT2D eigenvalue weighted by molar-refractivity contribution is -0.117. The largest absolute Gasteiger partial charge is 0.364 e. The number of nitrogens with one attached hydrogen (secondary N) is 2. The van der Waals surface area contributed by atoms with Crippen molar-refractivity contribution in [3.63, 3.8) is 0 Å². The zero-order valence-electron chi connectivity index (χ0n) is 16.2. The molecule has 1 unspecified atom stereocenters. The van der Waals surface area contributed by atoms with E-state index in [0.29, 0.717) is 36.7 Å². The van der Waals surface area contributed by atoms with Crippen LogP contribution >= 0.6 is 0 Å². The summed E-state index contributed by atoms with van der Waals surface area (Å²) in [6.45, 7) is 2.22. The number of hydrogen-bond acceptors (Lipinski definition) is 6. The number of pyridine rings is 1. The van der Waals surface area contributed by atoms with E-state index in [0.717, 1.165) is 31.9 Å². The number of imidazole rings is 1. The van der Waals surface area contributed by atoms with E-state index in [9.17, 15) is 13.6 Å². The number of anilines is 2. The molecule has 2 fully saturated rings. The summed E-state index contributed by atoms with van der Waals surface area (Å²) in [5.41, 5.74) is 0.833. The Morgan fingerprint density at radius 3 is 2.83 bits per heavy atom. The van der Waals surface area contributed by atoms with E-state index in [-0.39, 0.29) is 23.5 Å². The molecule has 1 amide bonds. The average Bonchev–Trinajstić information content (AvgIpc) is 3.36. The molecule has 1 atom stereocenters. The summed E-state index contributed by atoms with van der Waals surface area (Å²) in [7, 11) is 0. The molecule has 3 aromatic rings. The minimum Gasteiger partial charge on any atom is -0.364 e. The van der Waals surface area contributed by atoms with Crippen molar-refractivity contribution in [2.24, 2.45) is 0 Å². The number of aromatic nitrogens is 4. The van der Waals surface area contributed by atoms with Gasteiger partial charge in [0.05, 0.1) is 24.3 Å². The second kappa shape index (κ2) is 7.60. The summed E-state index contributed by atoms with van der Waals surface area (Å²) < 4.78 is 30.7. The Kier molecular flexibility index (Phi) is 4.78. The third-order valence-corrected chi connectivity index (χ3v) is 5.54. The molecule has 10 heteroatoms. The summed E-state index contributed by atoms with van der Waals surface area (Å²) >= 11 is 0. The third kappa shape index (κ3) is 3.36. The molecule has 2 saturated heterocycles. The number of piperidine rings is 1. The van der Waals surface area contributed by atoms with E-state index in [1.54, 1.807) is 15.5 Å². The summed E-state index contributed by atoms with van der Waals surface area (Å²) in [4.78, 5) is 26.5. The lowest BCUT2D eigenvalue weighted by Crippen LogP contribution is -2.38. The van der Waals surface area contributed by atoms with Gasteiger partial charge in [-0.1, -0.05) is 0 Å². The number of carbonyl (C=O) groups excluding carboxylic acids is 1. The van der Waals surface area contributed by atoms with E-state index in [4.69, 9.17) is 0 Å². The van der Waals surface area contributed by atoms with Gasteiger partial charge in [-0.05, 0) is 25.8 Å². The van der Waals surface area contributed by atoms with Crippen molar-refractivity contribution in [1.82, 2.24) is 24.7 Å². The molecule has 2 aliphatic rings. The van der Waals surface area contributed by atoms with Gasteiger partial charge in [0.15, 0.2) is 28.9 Å². The molecule has 30 heavy (non-hydrogen) atoms. The Bertz CT molecular complexity index is 1110. The van der Waals surface area contributed by atoms with Crippen LogP contribution in [0, 0.1) is 11.6 Å². The van der Waals surface area contributed by atoms with Crippen LogP contribution in [0.3, 0.4) is 0 Å². The van der Waals surface area contributed by atoms with E-state index in [2.05, 4.69) is 25.6 Å². The second-order valence-corrected chi connectivity index (χ2v) is 7.60. The normalized spacial score (nSPS) is 19.6. The first-order valence-corrected chi connectivity index (χ1v) is 10.1. The van der Waals surface area contributed by atoms with Crippen LogP contribution in [0.15, 0.2) is 24.7 Å². The van der Waals surface area contributed by atoms with Crippen molar-refractivity contribution in [3.8, 4) is 11.4 Å². The number of carbonyl (C=O) groups is 1. The number of nitrogens with zero attached hydrogens (tertiary/aromatic N) is 5. The molecular formula is C20H21F2N7O. The van der Waals surface area contributed by atoms with Crippen LogP contribution in [-0.2, 0) is 4.79 Å². The smallest absolute Gasteiger partial charge is 0.228 e. The molecule has 0 aromatic carbocycles. The maximum atomic E-state index is 14.7. The van der Waals surface area contributed by atoms with Crippen molar-refractivity contribution in [2.45, 2.75) is 31.7 Å². The van der Waals surface area contributed by atoms with Crippen LogP contribution < -0.4 is 15.5 Å². The molecule has 8 nitrogen and oxygen atoms in total. The quantitative estimate of drug-likeness (QED) is 0.683. The van der Waals surface area contributed by atoms with E-state index in [1.165, 1.54) is 12.4 Å². The van der Waals surface area contributed by atoms with Crippen molar-refractivity contribution >= 4 is 23.2 Å². The zero-order chi connectivity index (χ0) is 20.7. The summed E-state index contributed by atoms with van der Waals surface area (Å²) in [5.74, 6) is -1.03. The lowest BCUT2D eigenvalue weighted by Gasteiger charge is -2.24. The molecule has 3 aromatic heterocycles. The maximum absolute atomic E-state index is 14.7. The van der Waals surface area contributed by atoms with Crippen LogP contribution in [0.5, 0.6) is 0 Å². The molecule has 5 heterocycles. The molecule has 5 rings (SSSR count). The number of amides is 1. The first-order chi connectivity index (χ1) is 14.6. The lowest BCUT2D eigenvalue weighted by atomic mass is 10.1. The fourth-order valence-corrected chi connectivity index (χ4v) is 4.00. The Balaban J connectivity index is 1.54. The summed E-state index contributed by atoms with van der Waals surface area (Å²) in [5, 5.41) is 6.33. The highest BCUT2D eigenvalue weighted by atomic mass is 19.1. The fraction of sp³-hybridized carbons (Fsp3) is 0.400. The van der Waals surface area contributed by atoms with Crippen LogP contribution in [-0.4, -0.2) is 50.9 Å². The van der Waals surface area contributed by atoms with E-state index in [1.807, 2.05) is 0 Å². The highest BCUT2D eigenvalue weighted by Gasteiger charge is 2.24. The van der Waals surface area contributed by atoms with Crippen molar-refractivity contribution in [3.05, 3.63) is 36.3 Å². The average molecular weight is 413 g/mol. The van der Waals surface area contributed by atoms with Crippen molar-refractivity contribution < 1.29 is 13.6 Å². The monoisotopic (exact) mass is 413 g/mol. The minimum atomic E-state index is -0.780. The highest BCUT2D eigenvalue weighted by Crippen LogP contribution is 2.28. The van der Waals surface area contributed by atoms with Crippen LogP contribution in [0.1, 0.15) is 25.7 Å². The SMILES string of the molecule is O=C1CCCN1c1cn2c(-c3nc(NC4CCCNC4)c(F)cc3F)cnc2cn1. The Morgan fingerprint density at radius 2 is 2.07 bits per heavy atom. The van der Waals surface area contributed by atoms with Crippen molar-refractivity contribution in [2.75, 3.05) is 29.9 Å². The van der Waals surface area contributed by atoms with Gasteiger partial charge in [-0.3, -0.25) is 14.1 Å². The van der Waals surface area contributed by atoms with Gasteiger partial charge >= 0.3 is 0 Å². The van der Waals surface area contributed by atoms with Gasteiger partial charge in [0.2, 0.25) is 5.91 Å². The Morgan fingerprint density at radius 1 is 1.17 bits per heavy atom. The van der Waals surface area contributed by atoms with E-state index < -0.39 is 11.6 Å². The Hall–Kier alpha value is -3.14. The molecule has 156 valence electrons. The Labute approximate surface area is 171 Å². The number of rotatable bonds is 4. The predicted octanol–water partition coefficient (Wildman–Crippen LogP) is 2.36. The summed E-state index contributed by atoms with van der Waals surface area (Å²) in [6.07, 6.45) is 7.76. The molecule has 0 aliphatic carbocycles. The number of fused-ring (bicyclic) bond motifs is 1. The van der Waals surface area contributed by atoms with Gasteiger partial charge in [-0.15, -0.1) is 0 Å². The van der Waals surface area contributed by atoms with Gasteiger partial charge < -0.3 is 10.6 Å². The second-order valence-electron chi connectivity index (χ2n) is 7.60. The van der Waals surface area contributed by atoms with Gasteiger partial charge in [-0.2, -0.15) is 0 Å². The van der Waals surface area contributed by atoms with Gasteiger partial charge in [0.25, 0.3) is 0 Å². The molecule has 0 bridgehead atoms.